The topological polar surface area (TPSA) is 236 Å². The van der Waals surface area contributed by atoms with Crippen LogP contribution < -0.4 is 22.9 Å². The van der Waals surface area contributed by atoms with Crippen molar-refractivity contribution in [1.29, 1.82) is 0 Å². The Bertz CT molecular complexity index is 402. The van der Waals surface area contributed by atoms with Crippen molar-refractivity contribution >= 4 is 29.7 Å². The van der Waals surface area contributed by atoms with Gasteiger partial charge >= 0.3 is 17.9 Å². The molecule has 27 heavy (non-hydrogen) atoms. The number of hydrogen-bond donors (Lipinski definition) is 8. The molecule has 0 aromatic carbocycles. The fourth-order valence-corrected chi connectivity index (χ4v) is 1.75. The molecule has 12 N–H and O–H groups in total. The Morgan fingerprint density at radius 1 is 0.815 bits per heavy atom. The van der Waals surface area contributed by atoms with Crippen molar-refractivity contribution in [3.63, 3.8) is 0 Å². The molecule has 0 amide bonds. The molecular formula is C15H34N4O7S. The Kier molecular flexibility index (Phi) is 23.4. The second-order valence-corrected chi connectivity index (χ2v) is 6.40. The number of nitrogens with two attached hydrogens (primary N) is 4. The Labute approximate surface area is 163 Å². The van der Waals surface area contributed by atoms with Crippen LogP contribution in [0.4, 0.5) is 0 Å². The summed E-state index contributed by atoms with van der Waals surface area (Å²) in [6.07, 6.45) is 4.76. The lowest BCUT2D eigenvalue weighted by molar-refractivity contribution is -0.139. The number of hydrogen-bond acceptors (Lipinski definition) is 9. The number of unbranched alkanes of at least 4 members (excludes halogenated alkanes) is 1. The molecule has 11 nitrogen and oxygen atoms in total. The van der Waals surface area contributed by atoms with Crippen LogP contribution in [0.2, 0.25) is 0 Å². The molecule has 0 saturated heterocycles. The van der Waals surface area contributed by atoms with Gasteiger partial charge in [-0.3, -0.25) is 14.4 Å². The van der Waals surface area contributed by atoms with Crippen molar-refractivity contribution in [1.82, 2.24) is 0 Å². The third-order valence-corrected chi connectivity index (χ3v) is 3.64. The highest BCUT2D eigenvalue weighted by Crippen LogP contribution is 1.98. The fourth-order valence-electron chi connectivity index (χ4n) is 1.26. The minimum atomic E-state index is -1.07. The summed E-state index contributed by atoms with van der Waals surface area (Å²) in [4.78, 5) is 30.1. The molecule has 0 rings (SSSR count). The van der Waals surface area contributed by atoms with Crippen molar-refractivity contribution in [2.45, 2.75) is 50.2 Å². The summed E-state index contributed by atoms with van der Waals surface area (Å²) in [7, 11) is 0. The quantitative estimate of drug-likeness (QED) is 0.169. The van der Waals surface area contributed by atoms with Crippen LogP contribution in [0.15, 0.2) is 0 Å². The Hall–Kier alpha value is -1.44. The number of carboxylic acid groups (broad SMARTS) is 3. The number of rotatable bonds is 12. The molecule has 0 aliphatic carbocycles. The van der Waals surface area contributed by atoms with Crippen LogP contribution in [-0.2, 0) is 14.4 Å². The number of thioether (sulfide) groups is 1. The van der Waals surface area contributed by atoms with Crippen LogP contribution in [0.25, 0.3) is 0 Å². The van der Waals surface area contributed by atoms with E-state index >= 15 is 0 Å². The van der Waals surface area contributed by atoms with E-state index < -0.39 is 36.0 Å². The van der Waals surface area contributed by atoms with E-state index in [1.54, 1.807) is 11.8 Å². The summed E-state index contributed by atoms with van der Waals surface area (Å²) in [5.74, 6) is -2.10. The van der Waals surface area contributed by atoms with E-state index in [0.717, 1.165) is 18.6 Å². The van der Waals surface area contributed by atoms with Crippen LogP contribution in [0, 0.1) is 0 Å². The zero-order valence-corrected chi connectivity index (χ0v) is 16.4. The SMILES string of the molecule is CSCC[C@H](N)C(=O)O.NCCCC[C@H](N)C(=O)O.N[C@@H](CCO)C(=O)O. The number of aliphatic hydroxyl groups is 1. The molecule has 0 spiro atoms. The maximum Gasteiger partial charge on any atom is 0.320 e. The van der Waals surface area contributed by atoms with Crippen LogP contribution >= 0.6 is 11.8 Å². The van der Waals surface area contributed by atoms with E-state index in [9.17, 15) is 14.4 Å². The normalized spacial score (nSPS) is 13.1. The predicted octanol–water partition coefficient (Wildman–Crippen LogP) is -1.54. The molecule has 162 valence electrons. The molecular weight excluding hydrogens is 380 g/mol. The molecule has 0 saturated carbocycles. The van der Waals surface area contributed by atoms with Gasteiger partial charge in [-0.2, -0.15) is 11.8 Å². The molecule has 0 radical (unpaired) electrons. The fraction of sp³-hybridized carbons (Fsp3) is 0.800. The van der Waals surface area contributed by atoms with Gasteiger partial charge in [-0.25, -0.2) is 0 Å². The minimum Gasteiger partial charge on any atom is -0.480 e. The van der Waals surface area contributed by atoms with Crippen molar-refractivity contribution in [2.75, 3.05) is 25.2 Å². The maximum atomic E-state index is 10.1. The van der Waals surface area contributed by atoms with Crippen molar-refractivity contribution in [3.8, 4) is 0 Å². The Morgan fingerprint density at radius 2 is 1.22 bits per heavy atom. The van der Waals surface area contributed by atoms with E-state index in [2.05, 4.69) is 0 Å². The first-order valence-corrected chi connectivity index (χ1v) is 9.69. The van der Waals surface area contributed by atoms with Crippen LogP contribution in [0.5, 0.6) is 0 Å². The van der Waals surface area contributed by atoms with Crippen LogP contribution in [-0.4, -0.2) is 81.6 Å². The van der Waals surface area contributed by atoms with E-state index in [4.69, 9.17) is 43.4 Å². The number of aliphatic hydroxyl groups excluding tert-OH is 1. The van der Waals surface area contributed by atoms with E-state index in [1.807, 2.05) is 6.26 Å². The van der Waals surface area contributed by atoms with Crippen molar-refractivity contribution in [3.05, 3.63) is 0 Å². The van der Waals surface area contributed by atoms with Crippen molar-refractivity contribution < 1.29 is 34.8 Å². The summed E-state index contributed by atoms with van der Waals surface area (Å²) in [5, 5.41) is 32.8. The molecule has 0 aliphatic heterocycles. The molecule has 0 heterocycles. The zero-order chi connectivity index (χ0) is 21.8. The van der Waals surface area contributed by atoms with Gasteiger partial charge in [0.05, 0.1) is 0 Å². The van der Waals surface area contributed by atoms with Gasteiger partial charge in [-0.15, -0.1) is 0 Å². The minimum absolute atomic E-state index is 0.120. The summed E-state index contributed by atoms with van der Waals surface area (Å²) in [6.45, 7) is 0.430. The largest absolute Gasteiger partial charge is 0.480 e. The molecule has 0 aromatic heterocycles. The molecule has 12 heteroatoms. The first-order chi connectivity index (χ1) is 12.5. The molecule has 3 atom stereocenters. The number of carboxylic acids is 3. The monoisotopic (exact) mass is 414 g/mol. The third-order valence-electron chi connectivity index (χ3n) is 2.99. The van der Waals surface area contributed by atoms with Crippen molar-refractivity contribution in [2.24, 2.45) is 22.9 Å². The lowest BCUT2D eigenvalue weighted by Gasteiger charge is -2.03. The summed E-state index contributed by atoms with van der Waals surface area (Å²) < 4.78 is 0. The predicted molar refractivity (Wildman–Crippen MR) is 104 cm³/mol. The summed E-state index contributed by atoms with van der Waals surface area (Å²) in [6, 6.07) is -2.32. The molecule has 0 fully saturated rings. The number of carbonyl (C=O) groups is 3. The van der Waals surface area contributed by atoms with Gasteiger partial charge in [-0.05, 0) is 44.2 Å². The molecule has 0 unspecified atom stereocenters. The van der Waals surface area contributed by atoms with Gasteiger partial charge < -0.3 is 43.4 Å². The molecule has 0 aliphatic rings. The smallest absolute Gasteiger partial charge is 0.320 e. The van der Waals surface area contributed by atoms with E-state index in [-0.39, 0.29) is 13.0 Å². The number of aliphatic carboxylic acids is 3. The van der Waals surface area contributed by atoms with Gasteiger partial charge in [0.1, 0.15) is 18.1 Å². The third kappa shape index (κ3) is 24.6. The molecule has 0 bridgehead atoms. The maximum absolute atomic E-state index is 10.1. The van der Waals surface area contributed by atoms with E-state index in [1.165, 1.54) is 0 Å². The van der Waals surface area contributed by atoms with Gasteiger partial charge in [0.2, 0.25) is 0 Å². The highest BCUT2D eigenvalue weighted by molar-refractivity contribution is 7.98. The van der Waals surface area contributed by atoms with Gasteiger partial charge in [0, 0.05) is 6.61 Å². The second-order valence-electron chi connectivity index (χ2n) is 5.41. The Morgan fingerprint density at radius 3 is 1.52 bits per heavy atom. The Balaban J connectivity index is -0.000000322. The highest BCUT2D eigenvalue weighted by Gasteiger charge is 2.10. The highest BCUT2D eigenvalue weighted by atomic mass is 32.2. The van der Waals surface area contributed by atoms with Crippen LogP contribution in [0.3, 0.4) is 0 Å². The average molecular weight is 415 g/mol. The second kappa shape index (κ2) is 20.9. The van der Waals surface area contributed by atoms with E-state index in [0.29, 0.717) is 19.4 Å². The lowest BCUT2D eigenvalue weighted by Crippen LogP contribution is -2.30. The first-order valence-electron chi connectivity index (χ1n) is 8.30. The van der Waals surface area contributed by atoms with Gasteiger partial charge in [0.15, 0.2) is 0 Å². The summed E-state index contributed by atoms with van der Waals surface area (Å²) >= 11 is 1.60. The molecule has 0 aromatic rings. The van der Waals surface area contributed by atoms with Gasteiger partial charge in [-0.1, -0.05) is 6.42 Å². The zero-order valence-electron chi connectivity index (χ0n) is 15.6. The standard InChI is InChI=1S/C6H14N2O2.C5H11NO2S.C4H9NO3/c7-4-2-1-3-5(8)6(9)10;1-9-3-2-4(6)5(7)8;5-3(1-2-6)4(7)8/h5H,1-4,7-8H2,(H,9,10);4H,2-3,6H2,1H3,(H,7,8);3,6H,1-2,5H2,(H,7,8)/t5-;4-;3-/m000/s1. The first kappa shape index (κ1) is 30.3. The van der Waals surface area contributed by atoms with Gasteiger partial charge in [0.25, 0.3) is 0 Å². The summed E-state index contributed by atoms with van der Waals surface area (Å²) in [5.41, 5.74) is 20.6. The lowest BCUT2D eigenvalue weighted by atomic mass is 10.1. The van der Waals surface area contributed by atoms with Crippen LogP contribution in [0.1, 0.15) is 32.1 Å². The average Bonchev–Trinajstić information content (AvgIpc) is 2.60.